The summed E-state index contributed by atoms with van der Waals surface area (Å²) in [6, 6.07) is 11.5. The monoisotopic (exact) mass is 527 g/mol. The van der Waals surface area contributed by atoms with Crippen molar-refractivity contribution >= 4 is 17.6 Å². The lowest BCUT2D eigenvalue weighted by Crippen LogP contribution is -2.21. The van der Waals surface area contributed by atoms with E-state index in [1.807, 2.05) is 29.0 Å². The zero-order chi connectivity index (χ0) is 27.3. The summed E-state index contributed by atoms with van der Waals surface area (Å²) in [6.07, 6.45) is 6.14. The van der Waals surface area contributed by atoms with Crippen molar-refractivity contribution in [3.05, 3.63) is 85.0 Å². The average Bonchev–Trinajstić information content (AvgIpc) is 3.60. The van der Waals surface area contributed by atoms with Crippen LogP contribution in [-0.2, 0) is 11.3 Å². The van der Waals surface area contributed by atoms with Crippen molar-refractivity contribution in [3.8, 4) is 22.5 Å². The second-order valence-electron chi connectivity index (χ2n) is 8.51. The van der Waals surface area contributed by atoms with Crippen LogP contribution in [0.1, 0.15) is 23.3 Å². The molecule has 1 aliphatic carbocycles. The van der Waals surface area contributed by atoms with Crippen LogP contribution in [0, 0.1) is 11.7 Å². The van der Waals surface area contributed by atoms with E-state index in [2.05, 4.69) is 20.3 Å². The van der Waals surface area contributed by atoms with Crippen LogP contribution >= 0.6 is 0 Å². The number of carboxylic acid groups (broad SMARTS) is 1. The number of hydrogen-bond acceptors (Lipinski definition) is 5. The number of aliphatic carboxylic acids is 1. The summed E-state index contributed by atoms with van der Waals surface area (Å²) in [6.45, 7) is 0.778. The fraction of sp³-hybridized carbons (Fsp3) is 0.192. The highest BCUT2D eigenvalue weighted by atomic mass is 19.4. The first-order valence-corrected chi connectivity index (χ1v) is 11.4. The molecule has 3 aromatic heterocycles. The summed E-state index contributed by atoms with van der Waals surface area (Å²) < 4.78 is 47.2. The highest BCUT2D eigenvalue weighted by molar-refractivity contribution is 6.04. The van der Waals surface area contributed by atoms with Gasteiger partial charge in [0.15, 0.2) is 5.82 Å². The molecule has 0 aliphatic heterocycles. The summed E-state index contributed by atoms with van der Waals surface area (Å²) in [5.74, 6) is -2.24. The molecule has 0 unspecified atom stereocenters. The number of hydrogen-bond donors (Lipinski definition) is 2. The van der Waals surface area contributed by atoms with Crippen molar-refractivity contribution in [1.82, 2.24) is 19.5 Å². The summed E-state index contributed by atoms with van der Waals surface area (Å²) in [5, 5.41) is 9.92. The number of pyridine rings is 1. The van der Waals surface area contributed by atoms with Gasteiger partial charge in [0.05, 0.1) is 0 Å². The second-order valence-corrected chi connectivity index (χ2v) is 8.51. The molecule has 0 saturated heterocycles. The average molecular weight is 527 g/mol. The van der Waals surface area contributed by atoms with Gasteiger partial charge >= 0.3 is 12.1 Å². The number of anilines is 1. The molecule has 1 aliphatic rings. The molecule has 1 amide bonds. The van der Waals surface area contributed by atoms with E-state index in [1.54, 1.807) is 36.9 Å². The Kier molecular flexibility index (Phi) is 7.79. The quantitative estimate of drug-likeness (QED) is 0.323. The van der Waals surface area contributed by atoms with E-state index < -0.39 is 18.0 Å². The van der Waals surface area contributed by atoms with Gasteiger partial charge in [-0.2, -0.15) is 13.2 Å². The van der Waals surface area contributed by atoms with Crippen LogP contribution in [0.25, 0.3) is 22.5 Å². The number of alkyl halides is 3. The van der Waals surface area contributed by atoms with Gasteiger partial charge in [0.25, 0.3) is 5.91 Å². The molecule has 38 heavy (non-hydrogen) atoms. The minimum Gasteiger partial charge on any atom is -0.475 e. The van der Waals surface area contributed by atoms with Gasteiger partial charge in [-0.15, -0.1) is 0 Å². The van der Waals surface area contributed by atoms with E-state index in [4.69, 9.17) is 9.90 Å². The fourth-order valence-corrected chi connectivity index (χ4v) is 3.47. The Morgan fingerprint density at radius 3 is 2.29 bits per heavy atom. The van der Waals surface area contributed by atoms with Gasteiger partial charge in [-0.1, -0.05) is 6.07 Å². The Labute approximate surface area is 214 Å². The molecule has 2 N–H and O–H groups in total. The third-order valence-corrected chi connectivity index (χ3v) is 5.51. The lowest BCUT2D eigenvalue weighted by Gasteiger charge is -2.09. The first kappa shape index (κ1) is 26.5. The summed E-state index contributed by atoms with van der Waals surface area (Å²) in [4.78, 5) is 34.8. The number of aromatic nitrogens is 4. The largest absolute Gasteiger partial charge is 0.490 e. The summed E-state index contributed by atoms with van der Waals surface area (Å²) >= 11 is 0. The lowest BCUT2D eigenvalue weighted by atomic mass is 10.1. The zero-order valence-corrected chi connectivity index (χ0v) is 19.7. The van der Waals surface area contributed by atoms with E-state index in [0.717, 1.165) is 23.2 Å². The fourth-order valence-electron chi connectivity index (χ4n) is 3.47. The van der Waals surface area contributed by atoms with E-state index in [1.165, 1.54) is 25.0 Å². The Balaban J connectivity index is 0.000000426. The normalized spacial score (nSPS) is 12.8. The van der Waals surface area contributed by atoms with Crippen LogP contribution in [0.2, 0.25) is 0 Å². The molecule has 1 saturated carbocycles. The van der Waals surface area contributed by atoms with Crippen molar-refractivity contribution in [2.45, 2.75) is 25.6 Å². The Bertz CT molecular complexity index is 1420. The lowest BCUT2D eigenvalue weighted by molar-refractivity contribution is -0.192. The SMILES string of the molecule is O=C(Nc1cccc(F)c1)c1cc(-c2cnc(-c3cccnc3)nc2)cn1CC1CC1.O=C(O)C(F)(F)F. The van der Waals surface area contributed by atoms with Crippen LogP contribution in [0.3, 0.4) is 0 Å². The zero-order valence-electron chi connectivity index (χ0n) is 19.7. The van der Waals surface area contributed by atoms with E-state index in [-0.39, 0.29) is 5.91 Å². The van der Waals surface area contributed by atoms with Crippen LogP contribution in [0.15, 0.2) is 73.4 Å². The van der Waals surface area contributed by atoms with Gasteiger partial charge in [0.1, 0.15) is 11.5 Å². The van der Waals surface area contributed by atoms with Crippen LogP contribution in [0.4, 0.5) is 23.2 Å². The molecule has 4 aromatic rings. The maximum Gasteiger partial charge on any atom is 0.490 e. The smallest absolute Gasteiger partial charge is 0.475 e. The van der Waals surface area contributed by atoms with Gasteiger partial charge in [0.2, 0.25) is 0 Å². The molecule has 0 radical (unpaired) electrons. The summed E-state index contributed by atoms with van der Waals surface area (Å²) in [7, 11) is 0. The van der Waals surface area contributed by atoms with Crippen LogP contribution in [0.5, 0.6) is 0 Å². The van der Waals surface area contributed by atoms with Gasteiger partial charge in [-0.3, -0.25) is 9.78 Å². The van der Waals surface area contributed by atoms with Gasteiger partial charge in [-0.05, 0) is 55.2 Å². The van der Waals surface area contributed by atoms with Crippen molar-refractivity contribution in [1.29, 1.82) is 0 Å². The first-order valence-electron chi connectivity index (χ1n) is 11.4. The molecule has 0 spiro atoms. The number of carboxylic acids is 1. The van der Waals surface area contributed by atoms with Crippen molar-refractivity contribution < 1.29 is 32.3 Å². The van der Waals surface area contributed by atoms with Crippen molar-refractivity contribution in [2.24, 2.45) is 5.92 Å². The van der Waals surface area contributed by atoms with Gasteiger partial charge in [-0.25, -0.2) is 19.2 Å². The molecule has 8 nitrogen and oxygen atoms in total. The number of halogens is 4. The molecule has 12 heteroatoms. The highest BCUT2D eigenvalue weighted by Gasteiger charge is 2.38. The molecular formula is C26H21F4N5O3. The number of carbonyl (C=O) groups is 2. The predicted octanol–water partition coefficient (Wildman–Crippen LogP) is 5.44. The second kappa shape index (κ2) is 11.2. The number of carbonyl (C=O) groups excluding carboxylic acids is 1. The number of nitrogens with zero attached hydrogens (tertiary/aromatic N) is 4. The van der Waals surface area contributed by atoms with E-state index in [0.29, 0.717) is 23.1 Å². The maximum atomic E-state index is 13.5. The Morgan fingerprint density at radius 1 is 1.00 bits per heavy atom. The van der Waals surface area contributed by atoms with E-state index in [9.17, 15) is 22.4 Å². The van der Waals surface area contributed by atoms with Gasteiger partial charge in [0, 0.05) is 59.9 Å². The Morgan fingerprint density at radius 2 is 1.71 bits per heavy atom. The van der Waals surface area contributed by atoms with Crippen molar-refractivity contribution in [2.75, 3.05) is 5.32 Å². The molecule has 196 valence electrons. The van der Waals surface area contributed by atoms with Crippen LogP contribution in [-0.4, -0.2) is 42.7 Å². The number of rotatable bonds is 6. The third-order valence-electron chi connectivity index (χ3n) is 5.51. The van der Waals surface area contributed by atoms with Gasteiger partial charge < -0.3 is 15.0 Å². The molecule has 1 aromatic carbocycles. The minimum absolute atomic E-state index is 0.273. The van der Waals surface area contributed by atoms with Crippen LogP contribution < -0.4 is 5.32 Å². The molecule has 3 heterocycles. The molecular weight excluding hydrogens is 506 g/mol. The maximum absolute atomic E-state index is 13.5. The number of nitrogens with one attached hydrogen (secondary N) is 1. The molecule has 1 fully saturated rings. The number of amides is 1. The number of benzene rings is 1. The Hall–Kier alpha value is -4.61. The molecule has 0 atom stereocenters. The first-order chi connectivity index (χ1) is 18.1. The van der Waals surface area contributed by atoms with E-state index >= 15 is 0 Å². The summed E-state index contributed by atoms with van der Waals surface area (Å²) in [5.41, 5.74) is 3.48. The standard InChI is InChI=1S/C24H20FN5O.C2HF3O2/c25-20-4-1-5-21(10-20)29-24(31)22-9-18(15-30(22)14-16-6-7-16)19-12-27-23(28-13-19)17-3-2-8-26-11-17;3-2(4,5)1(6)7/h1-5,8-13,15-16H,6-7,14H2,(H,29,31);(H,6,7). The van der Waals surface area contributed by atoms with Crippen molar-refractivity contribution in [3.63, 3.8) is 0 Å². The topological polar surface area (TPSA) is 110 Å². The molecule has 0 bridgehead atoms. The molecule has 5 rings (SSSR count). The minimum atomic E-state index is -5.08. The third kappa shape index (κ3) is 6.99. The highest BCUT2D eigenvalue weighted by Crippen LogP contribution is 2.33. The predicted molar refractivity (Wildman–Crippen MR) is 129 cm³/mol.